The second kappa shape index (κ2) is 4.72. The molecule has 116 valence electrons. The first-order valence-electron chi connectivity index (χ1n) is 8.72. The summed E-state index contributed by atoms with van der Waals surface area (Å²) in [5.41, 5.74) is 3.53. The quantitative estimate of drug-likeness (QED) is 0.920. The van der Waals surface area contributed by atoms with Gasteiger partial charge in [0.2, 0.25) is 0 Å². The summed E-state index contributed by atoms with van der Waals surface area (Å²) < 4.78 is 1.98. The highest BCUT2D eigenvalue weighted by Gasteiger charge is 2.34. The molecule has 1 aliphatic heterocycles. The molecule has 4 nitrogen and oxygen atoms in total. The van der Waals surface area contributed by atoms with Gasteiger partial charge in [0.1, 0.15) is 0 Å². The van der Waals surface area contributed by atoms with Crippen molar-refractivity contribution in [3.05, 3.63) is 34.2 Å². The van der Waals surface area contributed by atoms with E-state index in [1.54, 1.807) is 0 Å². The number of H-pyrrole nitrogens is 1. The normalized spacial score (nSPS) is 24.3. The summed E-state index contributed by atoms with van der Waals surface area (Å²) in [7, 11) is 0. The van der Waals surface area contributed by atoms with Crippen LogP contribution in [-0.4, -0.2) is 33.6 Å². The van der Waals surface area contributed by atoms with Gasteiger partial charge < -0.3 is 4.98 Å². The Morgan fingerprint density at radius 2 is 1.86 bits per heavy atom. The summed E-state index contributed by atoms with van der Waals surface area (Å²) in [6.07, 6.45) is 6.70. The Morgan fingerprint density at radius 3 is 2.55 bits per heavy atom. The first kappa shape index (κ1) is 12.9. The smallest absolute Gasteiger partial charge is 0.306 e. The van der Waals surface area contributed by atoms with Gasteiger partial charge in [0.05, 0.1) is 11.0 Å². The molecule has 5 rings (SSSR count). The number of rotatable bonds is 5. The fourth-order valence-electron chi connectivity index (χ4n) is 4.04. The van der Waals surface area contributed by atoms with Crippen molar-refractivity contribution in [3.8, 4) is 0 Å². The molecule has 3 aliphatic rings. The lowest BCUT2D eigenvalue weighted by atomic mass is 9.98. The molecule has 4 heteroatoms. The maximum atomic E-state index is 12.3. The largest absolute Gasteiger partial charge is 0.326 e. The van der Waals surface area contributed by atoms with E-state index in [9.17, 15) is 4.79 Å². The minimum Gasteiger partial charge on any atom is -0.306 e. The summed E-state index contributed by atoms with van der Waals surface area (Å²) >= 11 is 0. The van der Waals surface area contributed by atoms with Gasteiger partial charge >= 0.3 is 5.69 Å². The topological polar surface area (TPSA) is 41.0 Å². The number of para-hydroxylation sites is 1. The number of benzene rings is 1. The van der Waals surface area contributed by atoms with E-state index < -0.39 is 0 Å². The number of imidazole rings is 1. The molecule has 0 spiro atoms. The van der Waals surface area contributed by atoms with Crippen molar-refractivity contribution in [2.75, 3.05) is 13.1 Å². The highest BCUT2D eigenvalue weighted by Crippen LogP contribution is 2.36. The summed E-state index contributed by atoms with van der Waals surface area (Å²) in [6.45, 7) is 3.34. The maximum Gasteiger partial charge on any atom is 0.326 e. The van der Waals surface area contributed by atoms with Crippen LogP contribution in [-0.2, 0) is 13.0 Å². The molecule has 2 saturated carbocycles. The van der Waals surface area contributed by atoms with Crippen LogP contribution >= 0.6 is 0 Å². The number of nitrogens with zero attached hydrogens (tertiary/aromatic N) is 2. The highest BCUT2D eigenvalue weighted by atomic mass is 16.1. The van der Waals surface area contributed by atoms with Crippen molar-refractivity contribution >= 4 is 11.0 Å². The van der Waals surface area contributed by atoms with E-state index in [4.69, 9.17) is 0 Å². The van der Waals surface area contributed by atoms with Crippen LogP contribution in [0.2, 0.25) is 0 Å². The molecular weight excluding hydrogens is 274 g/mol. The predicted octanol–water partition coefficient (Wildman–Crippen LogP) is 2.38. The van der Waals surface area contributed by atoms with Gasteiger partial charge in [0, 0.05) is 25.7 Å². The molecule has 2 aliphatic carbocycles. The molecule has 1 aromatic carbocycles. The lowest BCUT2D eigenvalue weighted by Gasteiger charge is -2.35. The molecule has 22 heavy (non-hydrogen) atoms. The monoisotopic (exact) mass is 297 g/mol. The lowest BCUT2D eigenvalue weighted by Crippen LogP contribution is -2.45. The Bertz CT molecular complexity index is 752. The first-order valence-corrected chi connectivity index (χ1v) is 8.72. The van der Waals surface area contributed by atoms with Crippen molar-refractivity contribution in [2.24, 2.45) is 11.8 Å². The molecule has 0 saturated heterocycles. The van der Waals surface area contributed by atoms with Gasteiger partial charge in [-0.3, -0.25) is 9.47 Å². The van der Waals surface area contributed by atoms with Gasteiger partial charge in [-0.05, 0) is 55.6 Å². The molecule has 2 heterocycles. The lowest BCUT2D eigenvalue weighted by molar-refractivity contribution is 0.158. The number of nitrogens with one attached hydrogen (secondary N) is 1. The van der Waals surface area contributed by atoms with E-state index in [1.807, 2.05) is 10.6 Å². The standard InChI is InChI=1S/C18H23N3O/c22-18-19-16-3-1-2-14-8-15(11-21(18)17(14)16)20(9-12-4-5-12)10-13-6-7-13/h1-3,12-13,15H,4-11H2,(H,19,22). The Kier molecular flexibility index (Phi) is 2.78. The number of hydrogen-bond donors (Lipinski definition) is 1. The second-order valence-corrected chi connectivity index (χ2v) is 7.55. The highest BCUT2D eigenvalue weighted by molar-refractivity contribution is 5.79. The molecule has 2 aromatic rings. The van der Waals surface area contributed by atoms with Crippen molar-refractivity contribution in [3.63, 3.8) is 0 Å². The molecule has 1 N–H and O–H groups in total. The van der Waals surface area contributed by atoms with Gasteiger partial charge in [0.15, 0.2) is 0 Å². The Morgan fingerprint density at radius 1 is 1.14 bits per heavy atom. The van der Waals surface area contributed by atoms with Gasteiger partial charge in [-0.2, -0.15) is 0 Å². The summed E-state index contributed by atoms with van der Waals surface area (Å²) in [5, 5.41) is 0. The fourth-order valence-corrected chi connectivity index (χ4v) is 4.04. The van der Waals surface area contributed by atoms with E-state index in [0.29, 0.717) is 6.04 Å². The van der Waals surface area contributed by atoms with Crippen molar-refractivity contribution < 1.29 is 0 Å². The van der Waals surface area contributed by atoms with Gasteiger partial charge in [-0.1, -0.05) is 12.1 Å². The third kappa shape index (κ3) is 2.21. The van der Waals surface area contributed by atoms with Crippen LogP contribution < -0.4 is 5.69 Å². The van der Waals surface area contributed by atoms with Gasteiger partial charge in [-0.25, -0.2) is 4.79 Å². The van der Waals surface area contributed by atoms with Gasteiger partial charge in [-0.15, -0.1) is 0 Å². The van der Waals surface area contributed by atoms with E-state index in [0.717, 1.165) is 35.8 Å². The third-order valence-corrected chi connectivity index (χ3v) is 5.62. The SMILES string of the molecule is O=c1[nH]c2cccc3c2n1CC(N(CC1CC1)CC1CC1)C3. The van der Waals surface area contributed by atoms with Crippen molar-refractivity contribution in [1.82, 2.24) is 14.5 Å². The average Bonchev–Trinajstić information content (AvgIpc) is 3.42. The number of aromatic amines is 1. The zero-order valence-electron chi connectivity index (χ0n) is 12.9. The van der Waals surface area contributed by atoms with E-state index in [1.165, 1.54) is 44.3 Å². The van der Waals surface area contributed by atoms with E-state index in [-0.39, 0.29) is 5.69 Å². The van der Waals surface area contributed by atoms with Crippen LogP contribution in [0.25, 0.3) is 11.0 Å². The molecule has 1 aromatic heterocycles. The van der Waals surface area contributed by atoms with Crippen LogP contribution in [0, 0.1) is 11.8 Å². The maximum absolute atomic E-state index is 12.3. The molecule has 0 radical (unpaired) electrons. The number of hydrogen-bond acceptors (Lipinski definition) is 2. The van der Waals surface area contributed by atoms with Crippen molar-refractivity contribution in [1.29, 1.82) is 0 Å². The second-order valence-electron chi connectivity index (χ2n) is 7.55. The van der Waals surface area contributed by atoms with Crippen LogP contribution in [0.15, 0.2) is 23.0 Å². The molecule has 1 atom stereocenters. The number of aromatic nitrogens is 2. The van der Waals surface area contributed by atoms with Crippen LogP contribution in [0.1, 0.15) is 31.2 Å². The fraction of sp³-hybridized carbons (Fsp3) is 0.611. The molecule has 1 unspecified atom stereocenters. The third-order valence-electron chi connectivity index (χ3n) is 5.62. The summed E-state index contributed by atoms with van der Waals surface area (Å²) in [5.74, 6) is 1.83. The van der Waals surface area contributed by atoms with Crippen molar-refractivity contribution in [2.45, 2.75) is 44.7 Å². The Labute approximate surface area is 130 Å². The van der Waals surface area contributed by atoms with Crippen LogP contribution in [0.5, 0.6) is 0 Å². The molecule has 2 fully saturated rings. The van der Waals surface area contributed by atoms with Crippen LogP contribution in [0.4, 0.5) is 0 Å². The zero-order valence-corrected chi connectivity index (χ0v) is 12.9. The molecular formula is C18H23N3O. The van der Waals surface area contributed by atoms with Crippen LogP contribution in [0.3, 0.4) is 0 Å². The Balaban J connectivity index is 1.48. The van der Waals surface area contributed by atoms with E-state index in [2.05, 4.69) is 22.0 Å². The summed E-state index contributed by atoms with van der Waals surface area (Å²) in [6, 6.07) is 6.79. The first-order chi connectivity index (χ1) is 10.8. The van der Waals surface area contributed by atoms with Gasteiger partial charge in [0.25, 0.3) is 0 Å². The zero-order chi connectivity index (χ0) is 14.7. The summed E-state index contributed by atoms with van der Waals surface area (Å²) in [4.78, 5) is 18.0. The predicted molar refractivity (Wildman–Crippen MR) is 87.1 cm³/mol. The minimum absolute atomic E-state index is 0.0601. The Hall–Kier alpha value is -1.55. The molecule has 0 amide bonds. The molecule has 0 bridgehead atoms. The minimum atomic E-state index is 0.0601. The average molecular weight is 297 g/mol. The van der Waals surface area contributed by atoms with E-state index >= 15 is 0 Å².